The van der Waals surface area contributed by atoms with E-state index >= 15 is 0 Å². The Balaban J connectivity index is 2.26. The molecule has 0 aromatic carbocycles. The van der Waals surface area contributed by atoms with Crippen molar-refractivity contribution < 1.29 is 0 Å². The van der Waals surface area contributed by atoms with E-state index in [1.165, 1.54) is 12.0 Å². The largest absolute Gasteiger partial charge is 0.330 e. The molecule has 0 bridgehead atoms. The Bertz CT molecular complexity index is 107. The van der Waals surface area contributed by atoms with Crippen LogP contribution in [0, 0.1) is 11.8 Å². The molecule has 46 valence electrons. The lowest BCUT2D eigenvalue weighted by atomic mass is 10.2. The highest BCUT2D eigenvalue weighted by Crippen LogP contribution is 2.42. The van der Waals surface area contributed by atoms with Crippen LogP contribution in [0.4, 0.5) is 0 Å². The van der Waals surface area contributed by atoms with Gasteiger partial charge in [-0.15, -0.1) is 0 Å². The second-order valence-electron chi connectivity index (χ2n) is 2.68. The molecule has 0 heterocycles. The third kappa shape index (κ3) is 0.920. The summed E-state index contributed by atoms with van der Waals surface area (Å²) >= 11 is 0. The van der Waals surface area contributed by atoms with Gasteiger partial charge in [0.15, 0.2) is 0 Å². The van der Waals surface area contributed by atoms with Crippen LogP contribution in [0.1, 0.15) is 13.3 Å². The molecule has 0 amide bonds. The van der Waals surface area contributed by atoms with Gasteiger partial charge in [0.2, 0.25) is 0 Å². The summed E-state index contributed by atoms with van der Waals surface area (Å²) in [6.07, 6.45) is 1.28. The van der Waals surface area contributed by atoms with E-state index in [4.69, 9.17) is 5.73 Å². The maximum absolute atomic E-state index is 5.42. The van der Waals surface area contributed by atoms with Gasteiger partial charge in [0.25, 0.3) is 0 Å². The van der Waals surface area contributed by atoms with Crippen molar-refractivity contribution in [3.05, 3.63) is 12.2 Å². The van der Waals surface area contributed by atoms with E-state index in [1.54, 1.807) is 0 Å². The molecule has 0 aliphatic heterocycles. The molecule has 0 unspecified atom stereocenters. The lowest BCUT2D eigenvalue weighted by Crippen LogP contribution is -2.02. The Labute approximate surface area is 50.6 Å². The molecule has 1 saturated carbocycles. The van der Waals surface area contributed by atoms with Gasteiger partial charge in [-0.05, 0) is 31.7 Å². The number of rotatable bonds is 2. The third-order valence-corrected chi connectivity index (χ3v) is 1.86. The Morgan fingerprint density at radius 1 is 1.88 bits per heavy atom. The molecule has 0 spiro atoms. The lowest BCUT2D eigenvalue weighted by molar-refractivity contribution is 0.777. The minimum Gasteiger partial charge on any atom is -0.330 e. The molecule has 0 aromatic heterocycles. The van der Waals surface area contributed by atoms with Crippen molar-refractivity contribution in [3.8, 4) is 0 Å². The fraction of sp³-hybridized carbons (Fsp3) is 0.714. The van der Waals surface area contributed by atoms with E-state index in [0.717, 1.165) is 18.4 Å². The predicted molar refractivity (Wildman–Crippen MR) is 35.5 cm³/mol. The molecule has 1 fully saturated rings. The van der Waals surface area contributed by atoms with Gasteiger partial charge in [-0.25, -0.2) is 0 Å². The number of hydrogen-bond acceptors (Lipinski definition) is 1. The van der Waals surface area contributed by atoms with Crippen molar-refractivity contribution in [3.63, 3.8) is 0 Å². The molecule has 1 aliphatic carbocycles. The summed E-state index contributed by atoms with van der Waals surface area (Å²) in [5, 5.41) is 0. The Morgan fingerprint density at radius 2 is 2.50 bits per heavy atom. The zero-order valence-electron chi connectivity index (χ0n) is 5.35. The first-order valence-electron chi connectivity index (χ1n) is 3.11. The first kappa shape index (κ1) is 5.83. The minimum absolute atomic E-state index is 0.764. The first-order chi connectivity index (χ1) is 3.75. The van der Waals surface area contributed by atoms with Crippen molar-refractivity contribution >= 4 is 0 Å². The second-order valence-corrected chi connectivity index (χ2v) is 2.68. The molecule has 1 aliphatic rings. The summed E-state index contributed by atoms with van der Waals surface area (Å²) in [4.78, 5) is 0. The predicted octanol–water partition coefficient (Wildman–Crippen LogP) is 1.16. The molecule has 0 radical (unpaired) electrons. The van der Waals surface area contributed by atoms with Gasteiger partial charge in [-0.1, -0.05) is 12.2 Å². The zero-order valence-corrected chi connectivity index (χ0v) is 5.35. The van der Waals surface area contributed by atoms with Crippen LogP contribution < -0.4 is 5.73 Å². The van der Waals surface area contributed by atoms with Gasteiger partial charge in [0.05, 0.1) is 0 Å². The Morgan fingerprint density at radius 3 is 2.62 bits per heavy atom. The fourth-order valence-electron chi connectivity index (χ4n) is 1.11. The molecule has 1 rings (SSSR count). The topological polar surface area (TPSA) is 26.0 Å². The van der Waals surface area contributed by atoms with Gasteiger partial charge in [0.1, 0.15) is 0 Å². The van der Waals surface area contributed by atoms with Crippen LogP contribution in [0.5, 0.6) is 0 Å². The number of allylic oxidation sites excluding steroid dienone is 1. The van der Waals surface area contributed by atoms with E-state index in [1.807, 2.05) is 0 Å². The molecule has 0 aromatic rings. The molecule has 2 N–H and O–H groups in total. The van der Waals surface area contributed by atoms with E-state index in [0.29, 0.717) is 0 Å². The summed E-state index contributed by atoms with van der Waals surface area (Å²) in [6.45, 7) is 6.79. The minimum atomic E-state index is 0.764. The van der Waals surface area contributed by atoms with Crippen molar-refractivity contribution in [1.82, 2.24) is 0 Å². The maximum atomic E-state index is 5.42. The van der Waals surface area contributed by atoms with Crippen LogP contribution in [0.15, 0.2) is 12.2 Å². The smallest absolute Gasteiger partial charge is 0.00429 e. The van der Waals surface area contributed by atoms with Crippen molar-refractivity contribution in [2.24, 2.45) is 17.6 Å². The summed E-state index contributed by atoms with van der Waals surface area (Å²) in [6, 6.07) is 0. The quantitative estimate of drug-likeness (QED) is 0.532. The number of hydrogen-bond donors (Lipinski definition) is 1. The average molecular weight is 111 g/mol. The SMILES string of the molecule is C=C(C)[C@@H]1C[C@H]1CN. The van der Waals surface area contributed by atoms with Crippen LogP contribution in [0.3, 0.4) is 0 Å². The van der Waals surface area contributed by atoms with E-state index < -0.39 is 0 Å². The summed E-state index contributed by atoms with van der Waals surface area (Å²) in [7, 11) is 0. The lowest BCUT2D eigenvalue weighted by Gasteiger charge is -1.91. The maximum Gasteiger partial charge on any atom is -0.00429 e. The summed E-state index contributed by atoms with van der Waals surface area (Å²) in [5.41, 5.74) is 6.73. The van der Waals surface area contributed by atoms with Crippen molar-refractivity contribution in [2.45, 2.75) is 13.3 Å². The second kappa shape index (κ2) is 1.90. The average Bonchev–Trinajstić information content (AvgIpc) is 2.42. The van der Waals surface area contributed by atoms with Gasteiger partial charge in [0, 0.05) is 0 Å². The fourth-order valence-corrected chi connectivity index (χ4v) is 1.11. The van der Waals surface area contributed by atoms with Gasteiger partial charge >= 0.3 is 0 Å². The molecule has 1 heteroatoms. The summed E-state index contributed by atoms with van der Waals surface area (Å²) in [5.74, 6) is 1.53. The number of nitrogens with two attached hydrogens (primary N) is 1. The third-order valence-electron chi connectivity index (χ3n) is 1.86. The highest BCUT2D eigenvalue weighted by Gasteiger charge is 2.35. The zero-order chi connectivity index (χ0) is 6.15. The highest BCUT2D eigenvalue weighted by atomic mass is 14.6. The molecule has 2 atom stereocenters. The van der Waals surface area contributed by atoms with Gasteiger partial charge in [-0.2, -0.15) is 0 Å². The van der Waals surface area contributed by atoms with Gasteiger partial charge in [-0.3, -0.25) is 0 Å². The van der Waals surface area contributed by atoms with Crippen LogP contribution in [0.2, 0.25) is 0 Å². The molecule has 0 saturated heterocycles. The molecule has 8 heavy (non-hydrogen) atoms. The van der Waals surface area contributed by atoms with Crippen LogP contribution in [0.25, 0.3) is 0 Å². The monoisotopic (exact) mass is 111 g/mol. The van der Waals surface area contributed by atoms with E-state index in [2.05, 4.69) is 13.5 Å². The molecule has 1 nitrogen and oxygen atoms in total. The van der Waals surface area contributed by atoms with Gasteiger partial charge < -0.3 is 5.73 Å². The Hall–Kier alpha value is -0.300. The van der Waals surface area contributed by atoms with Crippen LogP contribution in [-0.4, -0.2) is 6.54 Å². The van der Waals surface area contributed by atoms with E-state index in [9.17, 15) is 0 Å². The van der Waals surface area contributed by atoms with Crippen LogP contribution >= 0.6 is 0 Å². The highest BCUT2D eigenvalue weighted by molar-refractivity contribution is 5.08. The molecular formula is C7H13N. The summed E-state index contributed by atoms with van der Waals surface area (Å²) < 4.78 is 0. The standard InChI is InChI=1S/C7H13N/c1-5(2)7-3-6(7)4-8/h6-7H,1,3-4,8H2,2H3/t6-,7-/m0/s1. The molecular weight excluding hydrogens is 98.1 g/mol. The van der Waals surface area contributed by atoms with Crippen LogP contribution in [-0.2, 0) is 0 Å². The Kier molecular flexibility index (Phi) is 1.39. The van der Waals surface area contributed by atoms with Crippen molar-refractivity contribution in [2.75, 3.05) is 6.54 Å². The normalized spacial score (nSPS) is 34.8. The van der Waals surface area contributed by atoms with E-state index in [-0.39, 0.29) is 0 Å². The van der Waals surface area contributed by atoms with Crippen molar-refractivity contribution in [1.29, 1.82) is 0 Å². The first-order valence-corrected chi connectivity index (χ1v) is 3.11.